The Hall–Kier alpha value is -6.64. The van der Waals surface area contributed by atoms with Gasteiger partial charge in [0.2, 0.25) is 0 Å². The van der Waals surface area contributed by atoms with Crippen molar-refractivity contribution in [1.29, 1.82) is 0 Å². The van der Waals surface area contributed by atoms with E-state index < -0.39 is 24.2 Å². The highest BCUT2D eigenvalue weighted by molar-refractivity contribution is 5.86. The molecule has 0 amide bonds. The summed E-state index contributed by atoms with van der Waals surface area (Å²) in [5.41, 5.74) is 8.11. The third kappa shape index (κ3) is 5.99. The lowest BCUT2D eigenvalue weighted by atomic mass is 9.82. The first-order chi connectivity index (χ1) is 29.4. The molecule has 0 aromatic heterocycles. The molecule has 0 unspecified atom stereocenters. The molecule has 0 N–H and O–H groups in total. The first-order valence-electron chi connectivity index (χ1n) is 21.7. The van der Waals surface area contributed by atoms with Crippen molar-refractivity contribution >= 4 is 34.1 Å². The van der Waals surface area contributed by atoms with E-state index >= 15 is 0 Å². The van der Waals surface area contributed by atoms with E-state index in [4.69, 9.17) is 2.74 Å². The topological polar surface area (TPSA) is 6.48 Å². The smallest absolute Gasteiger partial charge is 0.0645 e. The third-order valence-electron chi connectivity index (χ3n) is 9.99. The minimum atomic E-state index is -0.467. The van der Waals surface area contributed by atoms with Crippen LogP contribution < -0.4 is 9.80 Å². The number of benzene rings is 8. The Bertz CT molecular complexity index is 2880. The molecule has 8 aromatic rings. The highest BCUT2D eigenvalue weighted by Crippen LogP contribution is 2.50. The second-order valence-electron chi connectivity index (χ2n) is 13.6. The maximum absolute atomic E-state index is 9.44. The Morgan fingerprint density at radius 1 is 0.340 bits per heavy atom. The number of para-hydroxylation sites is 3. The van der Waals surface area contributed by atoms with E-state index in [1.807, 2.05) is 127 Å². The molecular weight excluding hydrogens is 641 g/mol. The Kier molecular flexibility index (Phi) is 6.24. The summed E-state index contributed by atoms with van der Waals surface area (Å²) in [5.74, 6) is 0. The fourth-order valence-corrected chi connectivity index (χ4v) is 7.32. The molecule has 0 spiro atoms. The van der Waals surface area contributed by atoms with Crippen LogP contribution in [0, 0.1) is 0 Å². The zero-order chi connectivity index (χ0) is 42.7. The second-order valence-corrected chi connectivity index (χ2v) is 13.6. The maximum Gasteiger partial charge on any atom is 0.0645 e. The van der Waals surface area contributed by atoms with Gasteiger partial charge in [-0.05, 0) is 117 Å². The van der Waals surface area contributed by atoms with Crippen LogP contribution in [0.1, 0.15) is 35.9 Å². The van der Waals surface area contributed by atoms with Gasteiger partial charge in [0.1, 0.15) is 0 Å². The SMILES string of the molecule is [2H]c1c([2H])c(-c2c([2H])c([2H])c(N(c3ccccc3)c3ccc4c(c3)C(C)(C)c3ccccc3-4)c([2H])c2[2H])c([2H])c([2H])c1-c1ccc(N(c2ccccc2)c2ccccc2)cc1. The van der Waals surface area contributed by atoms with E-state index in [1.165, 1.54) is 5.56 Å². The van der Waals surface area contributed by atoms with E-state index in [0.717, 1.165) is 33.8 Å². The number of rotatable bonds is 8. The van der Waals surface area contributed by atoms with Crippen molar-refractivity contribution in [1.82, 2.24) is 0 Å². The number of anilines is 6. The van der Waals surface area contributed by atoms with E-state index in [2.05, 4.69) is 36.9 Å². The highest BCUT2D eigenvalue weighted by atomic mass is 15.1. The number of nitrogens with zero attached hydrogens (tertiary/aromatic N) is 2. The van der Waals surface area contributed by atoms with Crippen LogP contribution in [0.3, 0.4) is 0 Å². The highest BCUT2D eigenvalue weighted by Gasteiger charge is 2.35. The summed E-state index contributed by atoms with van der Waals surface area (Å²) in [7, 11) is 0. The maximum atomic E-state index is 9.44. The standard InChI is InChI=1S/C51H40N2/c1-51(2)49-21-13-12-20-47(49)48-35-34-46(36-50(48)51)53(43-18-10-5-11-19-43)45-32-28-40(29-33-45)38-24-22-37(23-25-38)39-26-30-44(31-27-39)52(41-14-6-3-7-15-41)42-16-8-4-9-17-42/h3-36H,1-2H3/i22D,23D,24D,25D,28D,29D,32D,33D. The second kappa shape index (κ2) is 13.5. The molecule has 0 bridgehead atoms. The fraction of sp³-hybridized carbons (Fsp3) is 0.0588. The predicted molar refractivity (Wildman–Crippen MR) is 224 cm³/mol. The summed E-state index contributed by atoms with van der Waals surface area (Å²) in [4.78, 5) is 3.81. The van der Waals surface area contributed by atoms with Gasteiger partial charge in [-0.25, -0.2) is 0 Å². The third-order valence-corrected chi connectivity index (χ3v) is 9.99. The van der Waals surface area contributed by atoms with Gasteiger partial charge >= 0.3 is 0 Å². The Balaban J connectivity index is 1.15. The number of hydrogen-bond donors (Lipinski definition) is 0. The largest absolute Gasteiger partial charge is 0.311 e. The summed E-state index contributed by atoms with van der Waals surface area (Å²) in [6.07, 6.45) is 0. The molecule has 0 heterocycles. The van der Waals surface area contributed by atoms with E-state index in [9.17, 15) is 8.22 Å². The molecule has 0 fully saturated rings. The fourth-order valence-electron chi connectivity index (χ4n) is 7.32. The van der Waals surface area contributed by atoms with E-state index in [-0.39, 0.29) is 52.0 Å². The van der Waals surface area contributed by atoms with Crippen LogP contribution in [-0.2, 0) is 5.41 Å². The average Bonchev–Trinajstić information content (AvgIpc) is 3.51. The zero-order valence-electron chi connectivity index (χ0n) is 37.4. The van der Waals surface area contributed by atoms with E-state index in [0.29, 0.717) is 16.9 Å². The first-order valence-corrected chi connectivity index (χ1v) is 17.7. The molecular formula is C51H40N2. The molecule has 1 aliphatic rings. The molecule has 0 saturated carbocycles. The Morgan fingerprint density at radius 2 is 0.736 bits per heavy atom. The van der Waals surface area contributed by atoms with Gasteiger partial charge < -0.3 is 9.80 Å². The van der Waals surface area contributed by atoms with Gasteiger partial charge in [0.25, 0.3) is 0 Å². The summed E-state index contributed by atoms with van der Waals surface area (Å²) in [6.45, 7) is 4.34. The van der Waals surface area contributed by atoms with Crippen molar-refractivity contribution in [3.8, 4) is 33.4 Å². The molecule has 0 radical (unpaired) electrons. The van der Waals surface area contributed by atoms with Crippen LogP contribution in [0.4, 0.5) is 34.1 Å². The minimum Gasteiger partial charge on any atom is -0.311 e. The molecule has 2 nitrogen and oxygen atoms in total. The zero-order valence-corrected chi connectivity index (χ0v) is 29.4. The first kappa shape index (κ1) is 24.5. The van der Waals surface area contributed by atoms with E-state index in [1.54, 1.807) is 17.0 Å². The lowest BCUT2D eigenvalue weighted by Gasteiger charge is -2.28. The Labute approximate surface area is 324 Å². The van der Waals surface area contributed by atoms with Crippen LogP contribution in [0.15, 0.2) is 206 Å². The van der Waals surface area contributed by atoms with Gasteiger partial charge in [0.15, 0.2) is 0 Å². The van der Waals surface area contributed by atoms with Crippen LogP contribution in [0.2, 0.25) is 0 Å². The van der Waals surface area contributed by atoms with Gasteiger partial charge in [-0.1, -0.05) is 147 Å². The van der Waals surface area contributed by atoms with Crippen molar-refractivity contribution in [2.75, 3.05) is 9.80 Å². The van der Waals surface area contributed by atoms with Crippen LogP contribution >= 0.6 is 0 Å². The van der Waals surface area contributed by atoms with Crippen molar-refractivity contribution in [2.45, 2.75) is 19.3 Å². The lowest BCUT2D eigenvalue weighted by Crippen LogP contribution is -2.16. The van der Waals surface area contributed by atoms with Crippen molar-refractivity contribution in [3.63, 3.8) is 0 Å². The lowest BCUT2D eigenvalue weighted by molar-refractivity contribution is 0.660. The number of hydrogen-bond acceptors (Lipinski definition) is 2. The number of fused-ring (bicyclic) bond motifs is 3. The molecule has 254 valence electrons. The summed E-state index contributed by atoms with van der Waals surface area (Å²) < 4.78 is 74.3. The monoisotopic (exact) mass is 688 g/mol. The molecule has 0 aliphatic heterocycles. The molecule has 0 saturated heterocycles. The molecule has 0 atom stereocenters. The average molecular weight is 689 g/mol. The molecule has 1 aliphatic carbocycles. The summed E-state index contributed by atoms with van der Waals surface area (Å²) in [5, 5.41) is 0. The van der Waals surface area contributed by atoms with Gasteiger partial charge in [0, 0.05) is 39.5 Å². The molecule has 2 heteroatoms. The minimum absolute atomic E-state index is 0.00484. The summed E-state index contributed by atoms with van der Waals surface area (Å²) in [6, 6.07) is 47.3. The van der Waals surface area contributed by atoms with Gasteiger partial charge in [-0.3, -0.25) is 0 Å². The quantitative estimate of drug-likeness (QED) is 0.157. The van der Waals surface area contributed by atoms with Gasteiger partial charge in [-0.2, -0.15) is 0 Å². The molecule has 8 aromatic carbocycles. The normalized spacial score (nSPS) is 14.6. The predicted octanol–water partition coefficient (Wildman–Crippen LogP) is 14.3. The van der Waals surface area contributed by atoms with Crippen molar-refractivity contribution < 1.29 is 11.0 Å². The van der Waals surface area contributed by atoms with Gasteiger partial charge in [-0.15, -0.1) is 0 Å². The molecule has 9 rings (SSSR count). The molecule has 53 heavy (non-hydrogen) atoms. The van der Waals surface area contributed by atoms with Gasteiger partial charge in [0.05, 0.1) is 11.0 Å². The van der Waals surface area contributed by atoms with Crippen LogP contribution in [0.25, 0.3) is 33.4 Å². The van der Waals surface area contributed by atoms with Crippen LogP contribution in [0.5, 0.6) is 0 Å². The summed E-state index contributed by atoms with van der Waals surface area (Å²) >= 11 is 0. The van der Waals surface area contributed by atoms with Crippen LogP contribution in [-0.4, -0.2) is 0 Å². The van der Waals surface area contributed by atoms with Crippen molar-refractivity contribution in [3.05, 3.63) is 217 Å². The van der Waals surface area contributed by atoms with Crippen molar-refractivity contribution in [2.24, 2.45) is 0 Å². The Morgan fingerprint density at radius 3 is 1.28 bits per heavy atom.